The lowest BCUT2D eigenvalue weighted by molar-refractivity contribution is 0.102. The van der Waals surface area contributed by atoms with Gasteiger partial charge in [0.1, 0.15) is 17.3 Å². The van der Waals surface area contributed by atoms with Gasteiger partial charge >= 0.3 is 0 Å². The molecule has 0 saturated carbocycles. The minimum atomic E-state index is -0.380. The predicted molar refractivity (Wildman–Crippen MR) is 106 cm³/mol. The zero-order chi connectivity index (χ0) is 19.9. The Morgan fingerprint density at radius 1 is 0.857 bits per heavy atom. The molecule has 0 saturated heterocycles. The number of rotatable bonds is 7. The minimum Gasteiger partial charge on any atom is -0.495 e. The van der Waals surface area contributed by atoms with Gasteiger partial charge in [0.05, 0.1) is 39.4 Å². The molecule has 0 spiro atoms. The maximum atomic E-state index is 12.4. The van der Waals surface area contributed by atoms with Crippen molar-refractivity contribution < 1.29 is 19.0 Å². The van der Waals surface area contributed by atoms with E-state index in [9.17, 15) is 4.79 Å². The van der Waals surface area contributed by atoms with Gasteiger partial charge in [0, 0.05) is 11.8 Å². The molecule has 0 bridgehead atoms. The second kappa shape index (κ2) is 8.72. The van der Waals surface area contributed by atoms with Crippen molar-refractivity contribution in [2.24, 2.45) is 0 Å². The number of para-hydroxylation sites is 2. The molecule has 0 aliphatic rings. The van der Waals surface area contributed by atoms with Gasteiger partial charge in [-0.25, -0.2) is 9.97 Å². The van der Waals surface area contributed by atoms with Gasteiger partial charge in [-0.05, 0) is 24.3 Å². The molecule has 0 unspecified atom stereocenters. The number of carbonyl (C=O) groups excluding carboxylic acids is 1. The Kier molecular flexibility index (Phi) is 5.91. The quantitative estimate of drug-likeness (QED) is 0.648. The standard InChI is InChI=1S/C20H20N4O4/c1-26-16-7-5-4-6-14(16)24-20(25)15-11-22-19(12-21-15)23-13-8-9-17(27-2)18(10-13)28-3/h4-12H,1-3H3,(H,22,23)(H,24,25). The van der Waals surface area contributed by atoms with Gasteiger partial charge in [0.15, 0.2) is 11.5 Å². The predicted octanol–water partition coefficient (Wildman–Crippen LogP) is 3.50. The minimum absolute atomic E-state index is 0.184. The summed E-state index contributed by atoms with van der Waals surface area (Å²) in [6.07, 6.45) is 2.88. The number of hydrogen-bond donors (Lipinski definition) is 2. The van der Waals surface area contributed by atoms with Crippen molar-refractivity contribution in [3.63, 3.8) is 0 Å². The van der Waals surface area contributed by atoms with E-state index in [1.54, 1.807) is 51.7 Å². The van der Waals surface area contributed by atoms with E-state index in [4.69, 9.17) is 14.2 Å². The van der Waals surface area contributed by atoms with Crippen LogP contribution in [-0.2, 0) is 0 Å². The summed E-state index contributed by atoms with van der Waals surface area (Å²) in [5, 5.41) is 5.86. The summed E-state index contributed by atoms with van der Waals surface area (Å²) < 4.78 is 15.7. The number of anilines is 3. The van der Waals surface area contributed by atoms with Crippen molar-refractivity contribution in [1.82, 2.24) is 9.97 Å². The Morgan fingerprint density at radius 2 is 1.61 bits per heavy atom. The molecule has 1 amide bonds. The number of nitrogens with one attached hydrogen (secondary N) is 2. The molecule has 0 atom stereocenters. The van der Waals surface area contributed by atoms with Crippen molar-refractivity contribution in [2.45, 2.75) is 0 Å². The highest BCUT2D eigenvalue weighted by Gasteiger charge is 2.12. The van der Waals surface area contributed by atoms with E-state index in [0.717, 1.165) is 5.69 Å². The van der Waals surface area contributed by atoms with Crippen molar-refractivity contribution in [3.05, 3.63) is 60.6 Å². The lowest BCUT2D eigenvalue weighted by Gasteiger charge is -2.11. The summed E-state index contributed by atoms with van der Waals surface area (Å²) in [5.41, 5.74) is 1.49. The van der Waals surface area contributed by atoms with Gasteiger partial charge in [0.2, 0.25) is 0 Å². The number of carbonyl (C=O) groups is 1. The van der Waals surface area contributed by atoms with Crippen LogP contribution in [0.15, 0.2) is 54.9 Å². The third-order valence-corrected chi connectivity index (χ3v) is 3.90. The van der Waals surface area contributed by atoms with E-state index in [0.29, 0.717) is 28.8 Å². The second-order valence-electron chi connectivity index (χ2n) is 5.64. The fraction of sp³-hybridized carbons (Fsp3) is 0.150. The van der Waals surface area contributed by atoms with Crippen LogP contribution < -0.4 is 24.8 Å². The van der Waals surface area contributed by atoms with Crippen LogP contribution in [0.4, 0.5) is 17.2 Å². The zero-order valence-electron chi connectivity index (χ0n) is 15.7. The van der Waals surface area contributed by atoms with E-state index in [1.807, 2.05) is 12.1 Å². The summed E-state index contributed by atoms with van der Waals surface area (Å²) in [4.78, 5) is 20.8. The topological polar surface area (TPSA) is 94.6 Å². The maximum Gasteiger partial charge on any atom is 0.275 e. The van der Waals surface area contributed by atoms with Gasteiger partial charge in [-0.2, -0.15) is 0 Å². The van der Waals surface area contributed by atoms with Crippen LogP contribution in [-0.4, -0.2) is 37.2 Å². The summed E-state index contributed by atoms with van der Waals surface area (Å²) in [5.74, 6) is 1.89. The molecule has 28 heavy (non-hydrogen) atoms. The van der Waals surface area contributed by atoms with Crippen LogP contribution >= 0.6 is 0 Å². The van der Waals surface area contributed by atoms with Crippen LogP contribution in [0.5, 0.6) is 17.2 Å². The van der Waals surface area contributed by atoms with Gasteiger partial charge in [-0.3, -0.25) is 4.79 Å². The first kappa shape index (κ1) is 19.0. The first-order chi connectivity index (χ1) is 13.6. The largest absolute Gasteiger partial charge is 0.495 e. The summed E-state index contributed by atoms with van der Waals surface area (Å²) in [6, 6.07) is 12.5. The fourth-order valence-electron chi connectivity index (χ4n) is 2.51. The molecule has 3 aromatic rings. The zero-order valence-corrected chi connectivity index (χ0v) is 15.7. The molecule has 8 heteroatoms. The summed E-state index contributed by atoms with van der Waals surface area (Å²) in [7, 11) is 4.68. The number of hydrogen-bond acceptors (Lipinski definition) is 7. The van der Waals surface area contributed by atoms with Crippen LogP contribution in [0, 0.1) is 0 Å². The lowest BCUT2D eigenvalue weighted by Crippen LogP contribution is -2.14. The summed E-state index contributed by atoms with van der Waals surface area (Å²) >= 11 is 0. The molecule has 0 aliphatic carbocycles. The third kappa shape index (κ3) is 4.29. The molecule has 1 aromatic heterocycles. The lowest BCUT2D eigenvalue weighted by atomic mass is 10.2. The Balaban J connectivity index is 1.70. The first-order valence-corrected chi connectivity index (χ1v) is 8.40. The molecule has 2 aromatic carbocycles. The Labute approximate surface area is 162 Å². The van der Waals surface area contributed by atoms with Crippen molar-refractivity contribution in [2.75, 3.05) is 32.0 Å². The van der Waals surface area contributed by atoms with E-state index in [2.05, 4.69) is 20.6 Å². The average molecular weight is 380 g/mol. The Bertz CT molecular complexity index is 961. The van der Waals surface area contributed by atoms with E-state index in [1.165, 1.54) is 12.4 Å². The van der Waals surface area contributed by atoms with Crippen LogP contribution in [0.3, 0.4) is 0 Å². The normalized spacial score (nSPS) is 10.1. The first-order valence-electron chi connectivity index (χ1n) is 8.40. The van der Waals surface area contributed by atoms with E-state index >= 15 is 0 Å². The SMILES string of the molecule is COc1ccccc1NC(=O)c1cnc(Nc2ccc(OC)c(OC)c2)cn1. The Morgan fingerprint density at radius 3 is 2.29 bits per heavy atom. The third-order valence-electron chi connectivity index (χ3n) is 3.90. The van der Waals surface area contributed by atoms with Gasteiger partial charge in [-0.15, -0.1) is 0 Å². The van der Waals surface area contributed by atoms with Crippen molar-refractivity contribution >= 4 is 23.1 Å². The van der Waals surface area contributed by atoms with E-state index in [-0.39, 0.29) is 11.6 Å². The highest BCUT2D eigenvalue weighted by Crippen LogP contribution is 2.30. The fourth-order valence-corrected chi connectivity index (χ4v) is 2.51. The van der Waals surface area contributed by atoms with Crippen LogP contribution in [0.25, 0.3) is 0 Å². The smallest absolute Gasteiger partial charge is 0.275 e. The average Bonchev–Trinajstić information content (AvgIpc) is 2.74. The molecular formula is C20H20N4O4. The van der Waals surface area contributed by atoms with E-state index < -0.39 is 0 Å². The molecule has 1 heterocycles. The number of aromatic nitrogens is 2. The maximum absolute atomic E-state index is 12.4. The Hall–Kier alpha value is -3.81. The number of ether oxygens (including phenoxy) is 3. The monoisotopic (exact) mass is 380 g/mol. The van der Waals surface area contributed by atoms with Gasteiger partial charge in [-0.1, -0.05) is 12.1 Å². The highest BCUT2D eigenvalue weighted by molar-refractivity contribution is 6.03. The van der Waals surface area contributed by atoms with Crippen molar-refractivity contribution in [3.8, 4) is 17.2 Å². The number of benzene rings is 2. The molecule has 0 aliphatic heterocycles. The number of methoxy groups -OCH3 is 3. The molecule has 0 fully saturated rings. The van der Waals surface area contributed by atoms with Crippen molar-refractivity contribution in [1.29, 1.82) is 0 Å². The second-order valence-corrected chi connectivity index (χ2v) is 5.64. The number of nitrogens with zero attached hydrogens (tertiary/aromatic N) is 2. The number of amides is 1. The van der Waals surface area contributed by atoms with Gasteiger partial charge in [0.25, 0.3) is 5.91 Å². The molecule has 8 nitrogen and oxygen atoms in total. The summed E-state index contributed by atoms with van der Waals surface area (Å²) in [6.45, 7) is 0. The molecular weight excluding hydrogens is 360 g/mol. The van der Waals surface area contributed by atoms with Gasteiger partial charge < -0.3 is 24.8 Å². The van der Waals surface area contributed by atoms with Crippen LogP contribution in [0.1, 0.15) is 10.5 Å². The van der Waals surface area contributed by atoms with Crippen LogP contribution in [0.2, 0.25) is 0 Å². The molecule has 144 valence electrons. The molecule has 0 radical (unpaired) electrons. The molecule has 3 rings (SSSR count). The molecule has 2 N–H and O–H groups in total. The highest BCUT2D eigenvalue weighted by atomic mass is 16.5.